The zero-order chi connectivity index (χ0) is 105. The van der Waals surface area contributed by atoms with Crippen molar-refractivity contribution in [3.63, 3.8) is 0 Å². The second-order valence-corrected chi connectivity index (χ2v) is 48.3. The van der Waals surface area contributed by atoms with E-state index in [-0.39, 0.29) is 27.1 Å². The summed E-state index contributed by atoms with van der Waals surface area (Å²) in [5, 5.41) is 0. The average Bonchev–Trinajstić information content (AvgIpc) is 1.36. The van der Waals surface area contributed by atoms with E-state index in [0.717, 1.165) is 137 Å². The number of aryl methyl sites for hydroxylation is 5. The van der Waals surface area contributed by atoms with E-state index in [1.807, 2.05) is 104 Å². The first-order valence-electron chi connectivity index (χ1n) is 56.8. The summed E-state index contributed by atoms with van der Waals surface area (Å²) < 4.78 is 41.6. The molecule has 0 atom stereocenters. The molecular formula is C129H185Al3N7O6+. The zero-order valence-electron chi connectivity index (χ0n) is 95.1. The second kappa shape index (κ2) is 58.5. The summed E-state index contributed by atoms with van der Waals surface area (Å²) in [7, 11) is 0. The van der Waals surface area contributed by atoms with Crippen molar-refractivity contribution < 1.29 is 27.2 Å². The smallest absolute Gasteiger partial charge is 0.614 e. The summed E-state index contributed by atoms with van der Waals surface area (Å²) in [6.07, 6.45) is 50.9. The number of aliphatic imine (C=N–C) groups is 6. The minimum atomic E-state index is -1.51. The summed E-state index contributed by atoms with van der Waals surface area (Å²) in [5.41, 5.74) is 26.4. The van der Waals surface area contributed by atoms with Crippen LogP contribution in [0, 0.1) is 27.7 Å². The van der Waals surface area contributed by atoms with Gasteiger partial charge in [-0.15, -0.1) is 0 Å². The molecule has 0 amide bonds. The van der Waals surface area contributed by atoms with Crippen molar-refractivity contribution in [3.05, 3.63) is 246 Å². The fraction of sp³-hybridized carbons (Fsp3) is 0.535. The molecule has 3 aliphatic heterocycles. The normalized spacial score (nSPS) is 13.2. The maximum absolute atomic E-state index is 6.96. The highest BCUT2D eigenvalue weighted by Gasteiger charge is 2.35. The third-order valence-electron chi connectivity index (χ3n) is 30.4. The molecule has 0 saturated carbocycles. The molecule has 0 aromatic heterocycles. The predicted octanol–water partition coefficient (Wildman–Crippen LogP) is 36.2. The number of nitrogens with zero attached hydrogens (tertiary/aromatic N) is 7. The summed E-state index contributed by atoms with van der Waals surface area (Å²) in [4.78, 5) is 30.2. The molecule has 0 saturated heterocycles. The number of benzene rings is 9. The summed E-state index contributed by atoms with van der Waals surface area (Å²) >= 11 is -4.32. The molecule has 0 unspecified atom stereocenters. The maximum atomic E-state index is 6.96. The topological polar surface area (TPSA) is 130 Å². The molecule has 0 fully saturated rings. The molecule has 9 aromatic rings. The Kier molecular flexibility index (Phi) is 47.7. The van der Waals surface area contributed by atoms with Crippen molar-refractivity contribution in [3.8, 4) is 34.5 Å². The lowest BCUT2D eigenvalue weighted by Crippen LogP contribution is -2.50. The first kappa shape index (κ1) is 118. The monoisotopic (exact) mass is 2010 g/mol. The van der Waals surface area contributed by atoms with Crippen molar-refractivity contribution in [2.45, 2.75) is 424 Å². The van der Waals surface area contributed by atoms with Crippen LogP contribution in [0.3, 0.4) is 0 Å². The average molecular weight is 2010 g/mol. The molecule has 0 bridgehead atoms. The number of rotatable bonds is 41. The van der Waals surface area contributed by atoms with Gasteiger partial charge in [0.05, 0.1) is 94.8 Å². The summed E-state index contributed by atoms with van der Waals surface area (Å²) in [5.74, 6) is 6.50. The SMILES string of the molecule is CCCCC(C)(CCCC)c1cc(C)c2c(c1)C=Nc1ccccc1N=Cc1cc(C(C)(CCCC)CCCC)cc(C)c1[O][AlH][O]2.CCCCC(CCCC)c1cc(C)c2c(c1)C=Nc1ccccc1N=Cc1cc(C(CCCC)CCCC)cc(C)c1[O][AlH][O]2.CCCC[N+](CCCC)(CCCC)CCCc1cc(C(C)(C)C)cc2c1[O][AlH][O]c1c(cc(C(C)(C)C)cc1C(C)(C)C)C=Nc1ccccc1N=C2. The molecule has 145 heavy (non-hydrogen) atoms. The van der Waals surface area contributed by atoms with Gasteiger partial charge in [0.2, 0.25) is 0 Å². The van der Waals surface area contributed by atoms with E-state index >= 15 is 0 Å². The number of hydrogen-bond acceptors (Lipinski definition) is 12. The molecule has 3 heterocycles. The van der Waals surface area contributed by atoms with Gasteiger partial charge in [-0.25, -0.2) is 0 Å². The van der Waals surface area contributed by atoms with E-state index in [0.29, 0.717) is 11.8 Å². The van der Waals surface area contributed by atoms with Gasteiger partial charge < -0.3 is 27.2 Å². The fourth-order valence-electron chi connectivity index (χ4n) is 21.0. The lowest BCUT2D eigenvalue weighted by atomic mass is 9.73. The van der Waals surface area contributed by atoms with E-state index in [1.165, 1.54) is 268 Å². The van der Waals surface area contributed by atoms with Crippen molar-refractivity contribution in [2.24, 2.45) is 30.0 Å². The Morgan fingerprint density at radius 2 is 0.517 bits per heavy atom. The van der Waals surface area contributed by atoms with Gasteiger partial charge in [0.1, 0.15) is 0 Å². The predicted molar refractivity (Wildman–Crippen MR) is 631 cm³/mol. The Bertz CT molecular complexity index is 5490. The lowest BCUT2D eigenvalue weighted by Gasteiger charge is -2.39. The van der Waals surface area contributed by atoms with Crippen LogP contribution in [0.2, 0.25) is 0 Å². The molecule has 3 aliphatic rings. The highest BCUT2D eigenvalue weighted by molar-refractivity contribution is 6.23. The van der Waals surface area contributed by atoms with Gasteiger partial charge in [-0.2, -0.15) is 0 Å². The van der Waals surface area contributed by atoms with Crippen LogP contribution in [0.4, 0.5) is 34.1 Å². The molecule has 0 aliphatic carbocycles. The van der Waals surface area contributed by atoms with Gasteiger partial charge in [-0.05, 0) is 283 Å². The highest BCUT2D eigenvalue weighted by atomic mass is 27.2. The fourth-order valence-corrected chi connectivity index (χ4v) is 24.2. The van der Waals surface area contributed by atoms with E-state index in [9.17, 15) is 0 Å². The Morgan fingerprint density at radius 3 is 0.814 bits per heavy atom. The third-order valence-corrected chi connectivity index (χ3v) is 32.8. The van der Waals surface area contributed by atoms with E-state index in [4.69, 9.17) is 52.7 Å². The van der Waals surface area contributed by atoms with Gasteiger partial charge in [-0.3, -0.25) is 30.0 Å². The van der Waals surface area contributed by atoms with E-state index < -0.39 is 47.7 Å². The Balaban J connectivity index is 0.000000224. The first-order valence-corrected chi connectivity index (χ1v) is 60.2. The van der Waals surface area contributed by atoms with Crippen LogP contribution >= 0.6 is 0 Å². The standard InChI is InChI=1S/C47H71N3O2.C42H60N2O2.C40H56N2O2.3Al.3H/c1-13-16-25-50(26-17-14-2,27-18-15-3)28-21-22-35-29-38(45(4,5)6)30-36(43(35)51)33-48-41-23-19-20-24-42(41)49-34-37-31-39(46(7,8)9)32-40(44(37)52)47(10,11)12;1-9-13-21-41(7,22-14-10-2)35-25-31(5)39(45)33(27-35)29-43-37-19-17-18-20-38(37)44-30-34-28-36(26-32(6)40(34)46)42(8,23-15-11-3)24-16-12-4;1-7-11-17-31(18-12-8-2)33-23-29(5)39(43)35(25-33)27-41-37-21-15-16-22-38(37)42-28-36-26-34(24-30(6)40(36)44)32(19-13-9-3)20-14-10-4;;;;;;/h19-20,23-24,29-34H,13-18,21-22,25-28H2,1-12H3,(H-,48,49,51,52);17-20,25-30,45-46H,9-16,21-24H2,1-8H3;15-16,21-28,31-32,43-44H,7-14,17-20H2,1-6H3;;;;;;/q;;;3*+2;;;/p-5. The van der Waals surface area contributed by atoms with Crippen LogP contribution < -0.4 is 22.7 Å². The zero-order valence-corrected chi connectivity index (χ0v) is 99.4. The van der Waals surface area contributed by atoms with Gasteiger partial charge in [0.15, 0.2) is 0 Å². The number of unbranched alkanes of at least 4 members (excludes halogenated alkanes) is 11. The van der Waals surface area contributed by atoms with Gasteiger partial charge in [0, 0.05) is 77.1 Å². The molecule has 16 heteroatoms. The molecule has 9 aromatic carbocycles. The largest absolute Gasteiger partial charge is 0.832 e. The van der Waals surface area contributed by atoms with E-state index in [1.54, 1.807) is 0 Å². The number of hydrogen-bond donors (Lipinski definition) is 0. The summed E-state index contributed by atoms with van der Waals surface area (Å²) in [6.45, 7) is 64.5. The molecule has 13 nitrogen and oxygen atoms in total. The van der Waals surface area contributed by atoms with Crippen molar-refractivity contribution in [2.75, 3.05) is 26.2 Å². The van der Waals surface area contributed by atoms with Crippen molar-refractivity contribution in [1.82, 2.24) is 0 Å². The Hall–Kier alpha value is -8.64. The number of fused-ring (bicyclic) bond motifs is 9. The van der Waals surface area contributed by atoms with Crippen molar-refractivity contribution >= 4 is 119 Å². The Labute approximate surface area is 900 Å². The van der Waals surface area contributed by atoms with Gasteiger partial charge >= 0.3 is 47.7 Å². The molecule has 780 valence electrons. The molecule has 12 rings (SSSR count). The maximum Gasteiger partial charge on any atom is 0.832 e. The van der Waals surface area contributed by atoms with Gasteiger partial charge in [0.25, 0.3) is 0 Å². The first-order chi connectivity index (χ1) is 69.7. The number of quaternary nitrogens is 1. The molecule has 0 radical (unpaired) electrons. The molecular weight excluding hydrogens is 1820 g/mol. The van der Waals surface area contributed by atoms with Crippen LogP contribution in [-0.4, -0.2) is 116 Å². The van der Waals surface area contributed by atoms with Crippen LogP contribution in [0.25, 0.3) is 0 Å². The Morgan fingerprint density at radius 1 is 0.262 bits per heavy atom. The van der Waals surface area contributed by atoms with Crippen LogP contribution in [-0.2, 0) is 33.5 Å². The second-order valence-electron chi connectivity index (χ2n) is 45.8. The minimum Gasteiger partial charge on any atom is -0.614 e. The van der Waals surface area contributed by atoms with E-state index in [2.05, 4.69) is 259 Å². The van der Waals surface area contributed by atoms with Crippen LogP contribution in [0.1, 0.15) is 463 Å². The van der Waals surface area contributed by atoms with Crippen molar-refractivity contribution in [1.29, 1.82) is 0 Å². The lowest BCUT2D eigenvalue weighted by molar-refractivity contribution is -0.929. The quantitative estimate of drug-likeness (QED) is 0.0277. The van der Waals surface area contributed by atoms with Gasteiger partial charge in [-0.1, -0.05) is 347 Å². The molecule has 0 N–H and O–H groups in total. The van der Waals surface area contributed by atoms with Crippen LogP contribution in [0.5, 0.6) is 34.5 Å². The molecule has 0 spiro atoms. The number of para-hydroxylation sites is 6. The van der Waals surface area contributed by atoms with Crippen LogP contribution in [0.15, 0.2) is 176 Å². The summed E-state index contributed by atoms with van der Waals surface area (Å²) in [6, 6.07) is 52.5. The third kappa shape index (κ3) is 34.4. The minimum absolute atomic E-state index is 0.0244. The highest BCUT2D eigenvalue weighted by Crippen LogP contribution is 2.47.